The van der Waals surface area contributed by atoms with Crippen molar-refractivity contribution in [3.8, 4) is 0 Å². The van der Waals surface area contributed by atoms with Crippen molar-refractivity contribution in [1.82, 2.24) is 14.7 Å². The SMILES string of the molecule is CC(c1cc2ccccc2o1)N(C)C(=O)CN1CCCC(N2CCCCCC2)C1. The summed E-state index contributed by atoms with van der Waals surface area (Å²) in [5.41, 5.74) is 0.881. The third kappa shape index (κ3) is 4.84. The molecule has 2 aromatic rings. The first-order valence-corrected chi connectivity index (χ1v) is 11.3. The van der Waals surface area contributed by atoms with E-state index in [1.807, 2.05) is 43.1 Å². The second-order valence-corrected chi connectivity index (χ2v) is 8.85. The van der Waals surface area contributed by atoms with Gasteiger partial charge in [-0.05, 0) is 64.4 Å². The molecule has 4 rings (SSSR count). The van der Waals surface area contributed by atoms with Crippen molar-refractivity contribution in [3.05, 3.63) is 36.1 Å². The fraction of sp³-hybridized carbons (Fsp3) is 0.625. The topological polar surface area (TPSA) is 39.9 Å². The van der Waals surface area contributed by atoms with Gasteiger partial charge in [-0.1, -0.05) is 31.0 Å². The maximum Gasteiger partial charge on any atom is 0.237 e. The number of amides is 1. The highest BCUT2D eigenvalue weighted by atomic mass is 16.3. The van der Waals surface area contributed by atoms with Crippen molar-refractivity contribution in [2.75, 3.05) is 39.8 Å². The summed E-state index contributed by atoms with van der Waals surface area (Å²) in [7, 11) is 1.90. The second kappa shape index (κ2) is 9.31. The maximum absolute atomic E-state index is 13.0. The Labute approximate surface area is 174 Å². The van der Waals surface area contributed by atoms with Crippen LogP contribution in [0.1, 0.15) is 57.3 Å². The van der Waals surface area contributed by atoms with E-state index in [2.05, 4.69) is 15.9 Å². The molecule has 0 saturated carbocycles. The van der Waals surface area contributed by atoms with Crippen molar-refractivity contribution in [2.45, 2.75) is 57.5 Å². The summed E-state index contributed by atoms with van der Waals surface area (Å²) in [5, 5.41) is 1.09. The lowest BCUT2D eigenvalue weighted by Gasteiger charge is -2.39. The fourth-order valence-electron chi connectivity index (χ4n) is 4.85. The van der Waals surface area contributed by atoms with Crippen LogP contribution in [0, 0.1) is 0 Å². The molecule has 2 saturated heterocycles. The van der Waals surface area contributed by atoms with Crippen LogP contribution in [0.2, 0.25) is 0 Å². The summed E-state index contributed by atoms with van der Waals surface area (Å²) in [4.78, 5) is 19.9. The summed E-state index contributed by atoms with van der Waals surface area (Å²) in [6.45, 7) is 7.07. The summed E-state index contributed by atoms with van der Waals surface area (Å²) >= 11 is 0. The number of rotatable bonds is 5. The number of likely N-dealkylation sites (tertiary alicyclic amines) is 2. The molecule has 0 bridgehead atoms. The highest BCUT2D eigenvalue weighted by Gasteiger charge is 2.28. The Morgan fingerprint density at radius 3 is 2.66 bits per heavy atom. The first kappa shape index (κ1) is 20.4. The average molecular weight is 398 g/mol. The van der Waals surface area contributed by atoms with Gasteiger partial charge in [0.15, 0.2) is 0 Å². The summed E-state index contributed by atoms with van der Waals surface area (Å²) in [5.74, 6) is 1.03. The number of likely N-dealkylation sites (N-methyl/N-ethyl adjacent to an activating group) is 1. The Morgan fingerprint density at radius 2 is 1.90 bits per heavy atom. The molecule has 0 spiro atoms. The number of carbonyl (C=O) groups is 1. The van der Waals surface area contributed by atoms with E-state index >= 15 is 0 Å². The van der Waals surface area contributed by atoms with Crippen molar-refractivity contribution in [3.63, 3.8) is 0 Å². The van der Waals surface area contributed by atoms with Crippen LogP contribution in [0.25, 0.3) is 11.0 Å². The monoisotopic (exact) mass is 397 g/mol. The number of carbonyl (C=O) groups excluding carboxylic acids is 1. The van der Waals surface area contributed by atoms with E-state index in [4.69, 9.17) is 4.42 Å². The number of piperidine rings is 1. The van der Waals surface area contributed by atoms with Crippen molar-refractivity contribution >= 4 is 16.9 Å². The summed E-state index contributed by atoms with van der Waals surface area (Å²) in [6, 6.07) is 10.6. The van der Waals surface area contributed by atoms with Crippen molar-refractivity contribution in [2.24, 2.45) is 0 Å². The molecule has 2 atom stereocenters. The van der Waals surface area contributed by atoms with Gasteiger partial charge in [0.05, 0.1) is 12.6 Å². The smallest absolute Gasteiger partial charge is 0.237 e. The van der Waals surface area contributed by atoms with Crippen LogP contribution >= 0.6 is 0 Å². The third-order valence-electron chi connectivity index (χ3n) is 6.83. The number of para-hydroxylation sites is 1. The molecule has 2 fully saturated rings. The molecule has 1 amide bonds. The van der Waals surface area contributed by atoms with Gasteiger partial charge in [-0.25, -0.2) is 0 Å². The fourth-order valence-corrected chi connectivity index (χ4v) is 4.85. The van der Waals surface area contributed by atoms with Gasteiger partial charge >= 0.3 is 0 Å². The van der Waals surface area contributed by atoms with Crippen molar-refractivity contribution < 1.29 is 9.21 Å². The molecule has 2 aliphatic heterocycles. The van der Waals surface area contributed by atoms with Gasteiger partial charge in [-0.3, -0.25) is 14.6 Å². The maximum atomic E-state index is 13.0. The molecular formula is C24H35N3O2. The minimum Gasteiger partial charge on any atom is -0.459 e. The molecule has 0 radical (unpaired) electrons. The lowest BCUT2D eigenvalue weighted by atomic mass is 10.0. The largest absolute Gasteiger partial charge is 0.459 e. The van der Waals surface area contributed by atoms with E-state index in [0.29, 0.717) is 12.6 Å². The molecule has 5 nitrogen and oxygen atoms in total. The lowest BCUT2D eigenvalue weighted by Crippen LogP contribution is -2.50. The van der Waals surface area contributed by atoms with E-state index in [0.717, 1.165) is 29.8 Å². The minimum atomic E-state index is -0.0684. The zero-order valence-electron chi connectivity index (χ0n) is 18.0. The molecule has 0 N–H and O–H groups in total. The van der Waals surface area contributed by atoms with Gasteiger partial charge in [0, 0.05) is 25.0 Å². The van der Waals surface area contributed by atoms with Crippen LogP contribution in [-0.4, -0.2) is 66.4 Å². The first-order chi connectivity index (χ1) is 14.1. The number of fused-ring (bicyclic) bond motifs is 1. The first-order valence-electron chi connectivity index (χ1n) is 11.3. The van der Waals surface area contributed by atoms with Crippen LogP contribution < -0.4 is 0 Å². The molecule has 1 aromatic carbocycles. The lowest BCUT2D eigenvalue weighted by molar-refractivity contribution is -0.133. The molecule has 29 heavy (non-hydrogen) atoms. The molecule has 2 unspecified atom stereocenters. The Balaban J connectivity index is 1.34. The summed E-state index contributed by atoms with van der Waals surface area (Å²) in [6.07, 6.45) is 7.86. The van der Waals surface area contributed by atoms with E-state index in [-0.39, 0.29) is 11.9 Å². The molecule has 0 aliphatic carbocycles. The Morgan fingerprint density at radius 1 is 1.14 bits per heavy atom. The number of hydrogen-bond acceptors (Lipinski definition) is 4. The van der Waals surface area contributed by atoms with Crippen LogP contribution in [0.3, 0.4) is 0 Å². The van der Waals surface area contributed by atoms with Gasteiger partial charge in [0.2, 0.25) is 5.91 Å². The normalized spacial score (nSPS) is 23.0. The van der Waals surface area contributed by atoms with Crippen molar-refractivity contribution in [1.29, 1.82) is 0 Å². The minimum absolute atomic E-state index is 0.0684. The number of furan rings is 1. The quantitative estimate of drug-likeness (QED) is 0.754. The van der Waals surface area contributed by atoms with Gasteiger partial charge in [-0.2, -0.15) is 0 Å². The Bertz CT molecular complexity index is 776. The van der Waals surface area contributed by atoms with E-state index < -0.39 is 0 Å². The predicted molar refractivity (Wildman–Crippen MR) is 117 cm³/mol. The van der Waals surface area contributed by atoms with Gasteiger partial charge in [-0.15, -0.1) is 0 Å². The van der Waals surface area contributed by atoms with Crippen LogP contribution in [0.5, 0.6) is 0 Å². The van der Waals surface area contributed by atoms with E-state index in [9.17, 15) is 4.79 Å². The molecule has 2 aliphatic rings. The van der Waals surface area contributed by atoms with E-state index in [1.54, 1.807) is 0 Å². The zero-order valence-corrected chi connectivity index (χ0v) is 18.0. The van der Waals surface area contributed by atoms with E-state index in [1.165, 1.54) is 51.6 Å². The predicted octanol–water partition coefficient (Wildman–Crippen LogP) is 4.29. The highest BCUT2D eigenvalue weighted by molar-refractivity contribution is 5.80. The van der Waals surface area contributed by atoms with Gasteiger partial charge in [0.25, 0.3) is 0 Å². The third-order valence-corrected chi connectivity index (χ3v) is 6.83. The van der Waals surface area contributed by atoms with Crippen LogP contribution in [-0.2, 0) is 4.79 Å². The number of benzene rings is 1. The molecular weight excluding hydrogens is 362 g/mol. The molecule has 3 heterocycles. The molecule has 158 valence electrons. The standard InChI is InChI=1S/C24H35N3O2/c1-19(23-16-20-10-5-6-12-22(20)29-23)25(2)24(28)18-26-13-9-11-21(17-26)27-14-7-3-4-8-15-27/h5-6,10,12,16,19,21H,3-4,7-9,11,13-15,17-18H2,1-2H3. The Kier molecular flexibility index (Phi) is 6.56. The molecule has 5 heteroatoms. The second-order valence-electron chi connectivity index (χ2n) is 8.85. The number of hydrogen-bond donors (Lipinski definition) is 0. The average Bonchev–Trinajstić information content (AvgIpc) is 2.99. The van der Waals surface area contributed by atoms with Gasteiger partial charge in [0.1, 0.15) is 11.3 Å². The Hall–Kier alpha value is -1.85. The number of nitrogens with zero attached hydrogens (tertiary/aromatic N) is 3. The van der Waals surface area contributed by atoms with Crippen LogP contribution in [0.4, 0.5) is 0 Å². The summed E-state index contributed by atoms with van der Waals surface area (Å²) < 4.78 is 5.99. The van der Waals surface area contributed by atoms with Crippen LogP contribution in [0.15, 0.2) is 34.7 Å². The molecule has 1 aromatic heterocycles. The highest BCUT2D eigenvalue weighted by Crippen LogP contribution is 2.27. The zero-order chi connectivity index (χ0) is 20.2. The van der Waals surface area contributed by atoms with Gasteiger partial charge < -0.3 is 9.32 Å².